The fourth-order valence-electron chi connectivity index (χ4n) is 8.06. The second kappa shape index (κ2) is 11.6. The lowest BCUT2D eigenvalue weighted by Gasteiger charge is -2.32. The van der Waals surface area contributed by atoms with Crippen molar-refractivity contribution in [3.05, 3.63) is 63.7 Å². The van der Waals surface area contributed by atoms with Gasteiger partial charge in [0.25, 0.3) is 11.6 Å². The molecule has 3 saturated heterocycles. The molecule has 0 radical (unpaired) electrons. The Morgan fingerprint density at radius 3 is 2.49 bits per heavy atom. The molecular weight excluding hydrogens is 596 g/mol. The standard InChI is InChI=1S/C32H40N4O8Si/c1-20-30(45(2,3)43)27(17-29(39)34-14-4-6-24(34)19-37)44-32(20)25-16-23(36(41)42)12-13-26(25)35(31(32)40)18-21-8-10-22(11-9-21)33-15-5-7-28(33)38/h8-13,16,20,24,27,30,37,43H,4-7,14-15,17-19H2,1-3H3/t20-,24+,27+,30-,32+/m1/s1. The Morgan fingerprint density at radius 1 is 1.13 bits per heavy atom. The maximum Gasteiger partial charge on any atom is 0.269 e. The fourth-order valence-corrected chi connectivity index (χ4v) is 10.6. The predicted molar refractivity (Wildman–Crippen MR) is 168 cm³/mol. The summed E-state index contributed by atoms with van der Waals surface area (Å²) in [5, 5.41) is 21.7. The molecular formula is C32H40N4O8Si. The van der Waals surface area contributed by atoms with Crippen molar-refractivity contribution in [2.75, 3.05) is 29.5 Å². The zero-order chi connectivity index (χ0) is 32.3. The van der Waals surface area contributed by atoms with Crippen molar-refractivity contribution in [1.29, 1.82) is 0 Å². The Bertz CT molecular complexity index is 1530. The van der Waals surface area contributed by atoms with Gasteiger partial charge in [0.05, 0.1) is 42.3 Å². The number of carbonyl (C=O) groups is 3. The number of anilines is 2. The second-order valence-electron chi connectivity index (χ2n) is 13.3. The number of hydrogen-bond acceptors (Lipinski definition) is 8. The molecule has 12 nitrogen and oxygen atoms in total. The number of aliphatic hydroxyl groups is 1. The Balaban J connectivity index is 1.36. The molecule has 2 N–H and O–H groups in total. The zero-order valence-electron chi connectivity index (χ0n) is 25.8. The molecule has 13 heteroatoms. The monoisotopic (exact) mass is 636 g/mol. The van der Waals surface area contributed by atoms with E-state index in [1.807, 2.05) is 31.2 Å². The molecule has 2 aromatic rings. The van der Waals surface area contributed by atoms with E-state index in [1.54, 1.807) is 33.9 Å². The second-order valence-corrected chi connectivity index (χ2v) is 17.3. The van der Waals surface area contributed by atoms with E-state index in [4.69, 9.17) is 4.74 Å². The molecule has 0 bridgehead atoms. The quantitative estimate of drug-likeness (QED) is 0.254. The number of nitrogens with zero attached hydrogens (tertiary/aromatic N) is 4. The van der Waals surface area contributed by atoms with Crippen LogP contribution in [0.3, 0.4) is 0 Å². The van der Waals surface area contributed by atoms with Crippen molar-refractivity contribution >= 4 is 43.1 Å². The molecule has 1 spiro atoms. The normalized spacial score (nSPS) is 28.1. The van der Waals surface area contributed by atoms with Crippen molar-refractivity contribution in [3.63, 3.8) is 0 Å². The van der Waals surface area contributed by atoms with Crippen LogP contribution in [0.4, 0.5) is 17.1 Å². The maximum atomic E-state index is 14.6. The fraction of sp³-hybridized carbons (Fsp3) is 0.531. The van der Waals surface area contributed by atoms with Gasteiger partial charge in [0, 0.05) is 54.4 Å². The summed E-state index contributed by atoms with van der Waals surface area (Å²) < 4.78 is 6.71. The molecule has 6 rings (SSSR count). The number of benzene rings is 2. The number of carbonyl (C=O) groups excluding carboxylic acids is 3. The largest absolute Gasteiger partial charge is 0.432 e. The summed E-state index contributed by atoms with van der Waals surface area (Å²) in [6, 6.07) is 11.5. The molecule has 4 aliphatic rings. The van der Waals surface area contributed by atoms with E-state index >= 15 is 0 Å². The van der Waals surface area contributed by atoms with Gasteiger partial charge >= 0.3 is 0 Å². The highest BCUT2D eigenvalue weighted by Gasteiger charge is 2.66. The van der Waals surface area contributed by atoms with Gasteiger partial charge in [-0.05, 0) is 56.1 Å². The minimum Gasteiger partial charge on any atom is -0.432 e. The number of aliphatic hydroxyl groups excluding tert-OH is 1. The average Bonchev–Trinajstić information content (AvgIpc) is 3.76. The molecule has 3 amide bonds. The van der Waals surface area contributed by atoms with Gasteiger partial charge in [0.1, 0.15) is 0 Å². The van der Waals surface area contributed by atoms with Crippen molar-refractivity contribution < 1.29 is 33.9 Å². The van der Waals surface area contributed by atoms with E-state index < -0.39 is 42.3 Å². The predicted octanol–water partition coefficient (Wildman–Crippen LogP) is 3.44. The van der Waals surface area contributed by atoms with Gasteiger partial charge < -0.3 is 29.3 Å². The summed E-state index contributed by atoms with van der Waals surface area (Å²) in [6.07, 6.45) is 1.96. The van der Waals surface area contributed by atoms with Crippen LogP contribution >= 0.6 is 0 Å². The molecule has 0 aliphatic carbocycles. The number of rotatable bonds is 8. The first-order chi connectivity index (χ1) is 21.4. The van der Waals surface area contributed by atoms with E-state index in [9.17, 15) is 34.4 Å². The molecule has 0 unspecified atom stereocenters. The average molecular weight is 637 g/mol. The first-order valence-electron chi connectivity index (χ1n) is 15.7. The van der Waals surface area contributed by atoms with Crippen LogP contribution in [0.1, 0.15) is 50.2 Å². The third-order valence-corrected chi connectivity index (χ3v) is 12.6. The summed E-state index contributed by atoms with van der Waals surface area (Å²) in [7, 11) is -3.06. The lowest BCUT2D eigenvalue weighted by atomic mass is 9.82. The van der Waals surface area contributed by atoms with Crippen LogP contribution in [0.2, 0.25) is 18.6 Å². The highest BCUT2D eigenvalue weighted by Crippen LogP contribution is 2.60. The van der Waals surface area contributed by atoms with E-state index in [-0.39, 0.29) is 43.1 Å². The van der Waals surface area contributed by atoms with Gasteiger partial charge in [-0.1, -0.05) is 19.1 Å². The smallest absolute Gasteiger partial charge is 0.269 e. The first-order valence-corrected chi connectivity index (χ1v) is 18.7. The summed E-state index contributed by atoms with van der Waals surface area (Å²) in [6.45, 7) is 6.57. The Labute approximate surface area is 262 Å². The van der Waals surface area contributed by atoms with Crippen LogP contribution in [0.25, 0.3) is 0 Å². The van der Waals surface area contributed by atoms with Gasteiger partial charge in [-0.25, -0.2) is 0 Å². The lowest BCUT2D eigenvalue weighted by molar-refractivity contribution is -0.385. The molecule has 4 aliphatic heterocycles. The number of likely N-dealkylation sites (tertiary alicyclic amines) is 1. The van der Waals surface area contributed by atoms with Crippen molar-refractivity contribution in [1.82, 2.24) is 4.90 Å². The van der Waals surface area contributed by atoms with E-state index in [1.165, 1.54) is 12.1 Å². The zero-order valence-corrected chi connectivity index (χ0v) is 26.8. The Kier molecular flexibility index (Phi) is 8.08. The maximum absolute atomic E-state index is 14.6. The number of ether oxygens (including phenoxy) is 1. The third-order valence-electron chi connectivity index (χ3n) is 10.1. The van der Waals surface area contributed by atoms with Crippen molar-refractivity contribution in [2.24, 2.45) is 5.92 Å². The van der Waals surface area contributed by atoms with Crippen LogP contribution in [0.5, 0.6) is 0 Å². The molecule has 2 aromatic carbocycles. The highest BCUT2D eigenvalue weighted by molar-refractivity contribution is 6.71. The van der Waals surface area contributed by atoms with Crippen molar-refractivity contribution in [2.45, 2.75) is 82.0 Å². The van der Waals surface area contributed by atoms with Crippen molar-refractivity contribution in [3.8, 4) is 0 Å². The highest BCUT2D eigenvalue weighted by atomic mass is 28.4. The summed E-state index contributed by atoms with van der Waals surface area (Å²) in [4.78, 5) is 68.3. The van der Waals surface area contributed by atoms with Gasteiger partial charge in [-0.2, -0.15) is 0 Å². The Morgan fingerprint density at radius 2 is 1.87 bits per heavy atom. The van der Waals surface area contributed by atoms with Gasteiger partial charge in [0.2, 0.25) is 11.8 Å². The first kappa shape index (κ1) is 31.3. The van der Waals surface area contributed by atoms with E-state index in [0.29, 0.717) is 37.2 Å². The van der Waals surface area contributed by atoms with Crippen LogP contribution < -0.4 is 9.80 Å². The lowest BCUT2D eigenvalue weighted by Crippen LogP contribution is -2.46. The minimum absolute atomic E-state index is 0.0710. The minimum atomic E-state index is -3.06. The van der Waals surface area contributed by atoms with Crippen LogP contribution in [-0.4, -0.2) is 77.6 Å². The van der Waals surface area contributed by atoms with Gasteiger partial charge in [0.15, 0.2) is 13.9 Å². The molecule has 5 atom stereocenters. The van der Waals surface area contributed by atoms with Gasteiger partial charge in [-0.15, -0.1) is 0 Å². The molecule has 3 fully saturated rings. The summed E-state index contributed by atoms with van der Waals surface area (Å²) >= 11 is 0. The van der Waals surface area contributed by atoms with Gasteiger partial charge in [-0.3, -0.25) is 24.5 Å². The van der Waals surface area contributed by atoms with E-state index in [0.717, 1.165) is 24.1 Å². The Hall–Kier alpha value is -3.65. The number of non-ortho nitro benzene ring substituents is 1. The molecule has 4 heterocycles. The number of nitro groups is 1. The summed E-state index contributed by atoms with van der Waals surface area (Å²) in [5.74, 6) is -1.10. The molecule has 0 saturated carbocycles. The van der Waals surface area contributed by atoms with Crippen LogP contribution in [0, 0.1) is 16.0 Å². The van der Waals surface area contributed by atoms with Crippen LogP contribution in [-0.2, 0) is 31.3 Å². The summed E-state index contributed by atoms with van der Waals surface area (Å²) in [5.41, 5.74) is 0.104. The molecule has 240 valence electrons. The van der Waals surface area contributed by atoms with E-state index in [2.05, 4.69) is 0 Å². The number of amides is 3. The third kappa shape index (κ3) is 5.25. The number of nitro benzene ring substituents is 1. The molecule has 0 aromatic heterocycles. The van der Waals surface area contributed by atoms with Crippen LogP contribution in [0.15, 0.2) is 42.5 Å². The molecule has 45 heavy (non-hydrogen) atoms. The topological polar surface area (TPSA) is 154 Å². The SMILES string of the molecule is C[C@@H]1[C@@H]([Si](C)(C)O)[C@H](CC(=O)N2CCC[C@H]2CO)O[C@@]12C(=O)N(Cc1ccc(N3CCCC3=O)cc1)c1ccc([N+](=O)[O-])cc12. The number of fused-ring (bicyclic) bond motifs is 2. The number of hydrogen-bond donors (Lipinski definition) is 2.